The first kappa shape index (κ1) is 19.1. The van der Waals surface area contributed by atoms with Crippen molar-refractivity contribution in [3.05, 3.63) is 58.9 Å². The summed E-state index contributed by atoms with van der Waals surface area (Å²) in [5, 5.41) is 6.25. The van der Waals surface area contributed by atoms with Crippen LogP contribution in [0.25, 0.3) is 0 Å². The lowest BCUT2D eigenvalue weighted by molar-refractivity contribution is -0.134. The highest BCUT2D eigenvalue weighted by Crippen LogP contribution is 2.52. The molecule has 4 rings (SSSR count). The zero-order chi connectivity index (χ0) is 19.7. The summed E-state index contributed by atoms with van der Waals surface area (Å²) in [5.41, 5.74) is 6.61. The molecule has 0 aromatic heterocycles. The van der Waals surface area contributed by atoms with Gasteiger partial charge in [-0.1, -0.05) is 17.8 Å². The second-order valence-electron chi connectivity index (χ2n) is 6.90. The van der Waals surface area contributed by atoms with Gasteiger partial charge in [0.1, 0.15) is 27.3 Å². The van der Waals surface area contributed by atoms with Crippen molar-refractivity contribution in [3.8, 4) is 0 Å². The highest BCUT2D eigenvalue weighted by Gasteiger charge is 2.52. The maximum atomic E-state index is 14.4. The van der Waals surface area contributed by atoms with Crippen molar-refractivity contribution >= 4 is 22.7 Å². The predicted molar refractivity (Wildman–Crippen MR) is 104 cm³/mol. The van der Waals surface area contributed by atoms with Crippen LogP contribution in [0, 0.1) is 11.6 Å². The molecule has 0 fully saturated rings. The van der Waals surface area contributed by atoms with Crippen LogP contribution >= 0.6 is 11.8 Å². The molecule has 148 valence electrons. The van der Waals surface area contributed by atoms with Gasteiger partial charge in [-0.3, -0.25) is 4.79 Å². The van der Waals surface area contributed by atoms with Crippen LogP contribution < -0.4 is 5.73 Å². The van der Waals surface area contributed by atoms with Gasteiger partial charge in [-0.2, -0.15) is 5.10 Å². The number of nitrogens with two attached hydrogens (primary N) is 1. The van der Waals surface area contributed by atoms with E-state index < -0.39 is 16.5 Å². The molecule has 28 heavy (non-hydrogen) atoms. The topological polar surface area (TPSA) is 67.9 Å². The van der Waals surface area contributed by atoms with Crippen LogP contribution in [0.4, 0.5) is 8.78 Å². The normalized spacial score (nSPS) is 23.7. The van der Waals surface area contributed by atoms with E-state index in [0.29, 0.717) is 31.0 Å². The smallest absolute Gasteiger partial charge is 0.244 e. The maximum Gasteiger partial charge on any atom is 0.244 e. The third-order valence-corrected chi connectivity index (χ3v) is 6.54. The van der Waals surface area contributed by atoms with Crippen molar-refractivity contribution in [1.29, 1.82) is 0 Å². The van der Waals surface area contributed by atoms with Crippen LogP contribution in [0.1, 0.15) is 37.7 Å². The van der Waals surface area contributed by atoms with Crippen LogP contribution in [-0.4, -0.2) is 34.0 Å². The largest absolute Gasteiger partial charge is 0.493 e. The Morgan fingerprint density at radius 1 is 1.39 bits per heavy atom. The molecule has 2 aliphatic heterocycles. The van der Waals surface area contributed by atoms with Gasteiger partial charge in [-0.05, 0) is 50.1 Å². The van der Waals surface area contributed by atoms with Crippen LogP contribution in [0.5, 0.6) is 0 Å². The average molecular weight is 405 g/mol. The monoisotopic (exact) mass is 405 g/mol. The number of amides is 1. The van der Waals surface area contributed by atoms with Crippen molar-refractivity contribution in [2.24, 2.45) is 10.8 Å². The van der Waals surface area contributed by atoms with Crippen molar-refractivity contribution in [2.75, 3.05) is 13.2 Å². The van der Waals surface area contributed by atoms with Crippen molar-refractivity contribution in [2.45, 2.75) is 37.0 Å². The van der Waals surface area contributed by atoms with E-state index in [1.54, 1.807) is 0 Å². The fourth-order valence-corrected chi connectivity index (χ4v) is 5.19. The number of halogens is 2. The van der Waals surface area contributed by atoms with Crippen molar-refractivity contribution in [1.82, 2.24) is 5.01 Å². The Balaban J connectivity index is 1.79. The Morgan fingerprint density at radius 3 is 3.07 bits per heavy atom. The third-order valence-electron chi connectivity index (χ3n) is 5.09. The second-order valence-corrected chi connectivity index (χ2v) is 8.16. The standard InChI is InChI=1S/C20H21F2N3O2S/c21-13-7-8-16(22)14(12-13)19-24-25(18(26)6-3-10-23)20(28-19)9-11-27-17-5-2-1-4-15(17)20/h2,5,7-8,12H,1,3-4,6,9-11,23H2. The predicted octanol–water partition coefficient (Wildman–Crippen LogP) is 3.66. The van der Waals surface area contributed by atoms with E-state index in [-0.39, 0.29) is 17.9 Å². The van der Waals surface area contributed by atoms with Crippen LogP contribution in [0.15, 0.2) is 46.8 Å². The van der Waals surface area contributed by atoms with Crippen LogP contribution in [-0.2, 0) is 9.53 Å². The number of carbonyl (C=O) groups is 1. The molecule has 1 spiro atoms. The first-order valence-corrected chi connectivity index (χ1v) is 10.2. The van der Waals surface area contributed by atoms with E-state index in [9.17, 15) is 13.6 Å². The van der Waals surface area contributed by atoms with Gasteiger partial charge in [-0.15, -0.1) is 0 Å². The van der Waals surface area contributed by atoms with E-state index in [1.807, 2.05) is 12.2 Å². The van der Waals surface area contributed by atoms with Crippen LogP contribution in [0.2, 0.25) is 0 Å². The number of hydrogen-bond acceptors (Lipinski definition) is 5. The van der Waals surface area contributed by atoms with Gasteiger partial charge in [0.15, 0.2) is 0 Å². The minimum atomic E-state index is -0.766. The van der Waals surface area contributed by atoms with E-state index in [0.717, 1.165) is 42.4 Å². The highest BCUT2D eigenvalue weighted by atomic mass is 32.2. The zero-order valence-corrected chi connectivity index (χ0v) is 16.1. The Hall–Kier alpha value is -2.19. The number of carbonyl (C=O) groups excluding carboxylic acids is 1. The molecule has 8 heteroatoms. The van der Waals surface area contributed by atoms with E-state index >= 15 is 0 Å². The zero-order valence-electron chi connectivity index (χ0n) is 15.3. The molecule has 1 amide bonds. The van der Waals surface area contributed by atoms with Gasteiger partial charge < -0.3 is 10.5 Å². The average Bonchev–Trinajstić information content (AvgIpc) is 3.08. The first-order valence-electron chi connectivity index (χ1n) is 9.34. The number of fused-ring (bicyclic) bond motifs is 1. The molecule has 1 aromatic rings. The fourth-order valence-electron chi connectivity index (χ4n) is 3.74. The Bertz CT molecular complexity index is 899. The summed E-state index contributed by atoms with van der Waals surface area (Å²) < 4.78 is 34.0. The Morgan fingerprint density at radius 2 is 2.25 bits per heavy atom. The molecule has 1 aliphatic carbocycles. The summed E-state index contributed by atoms with van der Waals surface area (Å²) in [6.07, 6.45) is 6.84. The number of allylic oxidation sites excluding steroid dienone is 2. The molecular formula is C20H21F2N3O2S. The number of nitrogens with zero attached hydrogens (tertiary/aromatic N) is 2. The lowest BCUT2D eigenvalue weighted by Gasteiger charge is -2.42. The lowest BCUT2D eigenvalue weighted by atomic mass is 9.91. The second kappa shape index (κ2) is 7.67. The first-order chi connectivity index (χ1) is 13.5. The van der Waals surface area contributed by atoms with Gasteiger partial charge in [0, 0.05) is 24.0 Å². The Labute approximate surface area is 166 Å². The van der Waals surface area contributed by atoms with Crippen molar-refractivity contribution in [3.63, 3.8) is 0 Å². The van der Waals surface area contributed by atoms with Crippen LogP contribution in [0.3, 0.4) is 0 Å². The van der Waals surface area contributed by atoms with E-state index in [2.05, 4.69) is 5.10 Å². The van der Waals surface area contributed by atoms with Gasteiger partial charge in [-0.25, -0.2) is 13.8 Å². The van der Waals surface area contributed by atoms with E-state index in [4.69, 9.17) is 10.5 Å². The molecule has 1 unspecified atom stereocenters. The quantitative estimate of drug-likeness (QED) is 0.830. The van der Waals surface area contributed by atoms with Crippen molar-refractivity contribution < 1.29 is 18.3 Å². The molecule has 0 saturated heterocycles. The van der Waals surface area contributed by atoms with E-state index in [1.165, 1.54) is 16.8 Å². The number of rotatable bonds is 4. The number of benzene rings is 1. The summed E-state index contributed by atoms with van der Waals surface area (Å²) in [6, 6.07) is 3.27. The van der Waals surface area contributed by atoms with Gasteiger partial charge in [0.2, 0.25) is 5.91 Å². The molecular weight excluding hydrogens is 384 g/mol. The van der Waals surface area contributed by atoms with Gasteiger partial charge >= 0.3 is 0 Å². The molecule has 2 heterocycles. The third kappa shape index (κ3) is 3.24. The minimum Gasteiger partial charge on any atom is -0.493 e. The summed E-state index contributed by atoms with van der Waals surface area (Å²) in [4.78, 5) is 12.2. The molecule has 2 N–H and O–H groups in total. The highest BCUT2D eigenvalue weighted by molar-refractivity contribution is 8.16. The molecule has 5 nitrogen and oxygen atoms in total. The number of thioether (sulfide) groups is 1. The molecule has 0 saturated carbocycles. The molecule has 1 atom stereocenters. The summed E-state index contributed by atoms with van der Waals surface area (Å²) in [5.74, 6) is -0.538. The molecule has 1 aromatic carbocycles. The summed E-state index contributed by atoms with van der Waals surface area (Å²) in [6.45, 7) is 0.819. The summed E-state index contributed by atoms with van der Waals surface area (Å²) in [7, 11) is 0. The number of ether oxygens (including phenoxy) is 1. The van der Waals surface area contributed by atoms with Gasteiger partial charge in [0.05, 0.1) is 6.61 Å². The number of hydrogen-bond donors (Lipinski definition) is 1. The summed E-state index contributed by atoms with van der Waals surface area (Å²) >= 11 is 1.31. The molecule has 0 radical (unpaired) electrons. The number of hydrazone groups is 1. The fraction of sp³-hybridized carbons (Fsp3) is 0.400. The van der Waals surface area contributed by atoms with Gasteiger partial charge in [0.25, 0.3) is 0 Å². The molecule has 0 bridgehead atoms. The SMILES string of the molecule is NCCCC(=O)N1N=C(c2cc(F)ccc2F)SC12CCOC1=C2CCC=C1. The Kier molecular flexibility index (Phi) is 5.25. The molecule has 3 aliphatic rings. The lowest BCUT2D eigenvalue weighted by Crippen LogP contribution is -2.48. The maximum absolute atomic E-state index is 14.4. The minimum absolute atomic E-state index is 0.0680.